The lowest BCUT2D eigenvalue weighted by molar-refractivity contribution is 0.0767. The molecule has 1 aromatic rings. The fraction of sp³-hybridized carbons (Fsp3) is 0.273. The molecule has 0 aliphatic rings. The molecule has 0 fully saturated rings. The molecule has 16 heavy (non-hydrogen) atoms. The van der Waals surface area contributed by atoms with Crippen molar-refractivity contribution in [2.24, 2.45) is 0 Å². The molecule has 1 amide bonds. The maximum atomic E-state index is 11.8. The van der Waals surface area contributed by atoms with Crippen LogP contribution >= 0.6 is 0 Å². The molecule has 1 atom stereocenters. The van der Waals surface area contributed by atoms with E-state index in [1.807, 2.05) is 12.1 Å². The van der Waals surface area contributed by atoms with Crippen molar-refractivity contribution in [2.75, 3.05) is 7.05 Å². The highest BCUT2D eigenvalue weighted by atomic mass is 16.2. The number of pyridine rings is 1. The summed E-state index contributed by atoms with van der Waals surface area (Å²) >= 11 is 0. The van der Waals surface area contributed by atoms with E-state index in [4.69, 9.17) is 10.5 Å². The normalized spacial score (nSPS) is 11.0. The van der Waals surface area contributed by atoms with Gasteiger partial charge in [-0.15, -0.1) is 0 Å². The first-order valence-corrected chi connectivity index (χ1v) is 4.63. The molecule has 1 heterocycles. The molecule has 5 heteroatoms. The highest BCUT2D eigenvalue weighted by Crippen LogP contribution is 2.04. The van der Waals surface area contributed by atoms with Crippen LogP contribution < -0.4 is 0 Å². The van der Waals surface area contributed by atoms with Gasteiger partial charge in [0.1, 0.15) is 17.8 Å². The van der Waals surface area contributed by atoms with Crippen molar-refractivity contribution in [3.8, 4) is 12.1 Å². The van der Waals surface area contributed by atoms with Crippen molar-refractivity contribution in [3.63, 3.8) is 0 Å². The van der Waals surface area contributed by atoms with E-state index in [1.165, 1.54) is 30.3 Å². The highest BCUT2D eigenvalue weighted by molar-refractivity contribution is 5.92. The van der Waals surface area contributed by atoms with Gasteiger partial charge < -0.3 is 4.90 Å². The number of nitrogens with zero attached hydrogens (tertiary/aromatic N) is 4. The van der Waals surface area contributed by atoms with Gasteiger partial charge in [-0.3, -0.25) is 4.79 Å². The number of carbonyl (C=O) groups excluding carboxylic acids is 1. The first kappa shape index (κ1) is 11.7. The Morgan fingerprint density at radius 1 is 1.50 bits per heavy atom. The van der Waals surface area contributed by atoms with Crippen molar-refractivity contribution < 1.29 is 4.79 Å². The predicted molar refractivity (Wildman–Crippen MR) is 56.1 cm³/mol. The lowest BCUT2D eigenvalue weighted by atomic mass is 10.2. The summed E-state index contributed by atoms with van der Waals surface area (Å²) in [6.07, 6.45) is 1.33. The molecule has 0 saturated heterocycles. The van der Waals surface area contributed by atoms with Crippen LogP contribution in [0.15, 0.2) is 18.3 Å². The van der Waals surface area contributed by atoms with E-state index in [9.17, 15) is 4.79 Å². The first-order chi connectivity index (χ1) is 7.60. The summed E-state index contributed by atoms with van der Waals surface area (Å²) < 4.78 is 0. The van der Waals surface area contributed by atoms with Crippen LogP contribution in [0.2, 0.25) is 0 Å². The smallest absolute Gasteiger partial charge is 0.273 e. The summed E-state index contributed by atoms with van der Waals surface area (Å²) in [5.74, 6) is -0.335. The number of carbonyl (C=O) groups is 1. The van der Waals surface area contributed by atoms with Crippen LogP contribution in [-0.4, -0.2) is 28.9 Å². The van der Waals surface area contributed by atoms with Crippen molar-refractivity contribution in [3.05, 3.63) is 29.6 Å². The Balaban J connectivity index is 2.90. The molecule has 1 aromatic heterocycles. The van der Waals surface area contributed by atoms with Gasteiger partial charge in [0.05, 0.1) is 11.6 Å². The zero-order chi connectivity index (χ0) is 12.1. The molecular weight excluding hydrogens is 204 g/mol. The van der Waals surface area contributed by atoms with Gasteiger partial charge in [0.2, 0.25) is 0 Å². The molecule has 0 saturated carbocycles. The summed E-state index contributed by atoms with van der Waals surface area (Å²) in [6.45, 7) is 1.63. The van der Waals surface area contributed by atoms with Gasteiger partial charge in [-0.25, -0.2) is 4.98 Å². The SMILES string of the molecule is CC(C#N)N(C)C(=O)c1ccc(C#N)cn1. The minimum atomic E-state index is -0.509. The maximum absolute atomic E-state index is 11.8. The second-order valence-corrected chi connectivity index (χ2v) is 3.27. The largest absolute Gasteiger partial charge is 0.325 e. The minimum absolute atomic E-state index is 0.226. The molecule has 5 nitrogen and oxygen atoms in total. The number of rotatable bonds is 2. The van der Waals surface area contributed by atoms with E-state index < -0.39 is 6.04 Å². The Labute approximate surface area is 93.5 Å². The highest BCUT2D eigenvalue weighted by Gasteiger charge is 2.17. The summed E-state index contributed by atoms with van der Waals surface area (Å²) in [7, 11) is 1.54. The fourth-order valence-electron chi connectivity index (χ4n) is 1.03. The van der Waals surface area contributed by atoms with Gasteiger partial charge >= 0.3 is 0 Å². The van der Waals surface area contributed by atoms with Crippen LogP contribution in [0, 0.1) is 22.7 Å². The van der Waals surface area contributed by atoms with Crippen molar-refractivity contribution in [1.82, 2.24) is 9.88 Å². The molecule has 0 spiro atoms. The Morgan fingerprint density at radius 2 is 2.19 bits per heavy atom. The third kappa shape index (κ3) is 2.34. The van der Waals surface area contributed by atoms with E-state index in [-0.39, 0.29) is 11.6 Å². The number of aromatic nitrogens is 1. The van der Waals surface area contributed by atoms with Gasteiger partial charge in [-0.05, 0) is 19.1 Å². The predicted octanol–water partition coefficient (Wildman–Crippen LogP) is 0.937. The van der Waals surface area contributed by atoms with Crippen LogP contribution in [-0.2, 0) is 0 Å². The molecule has 0 aromatic carbocycles. The standard InChI is InChI=1S/C11H10N4O/c1-8(5-12)15(2)11(16)10-4-3-9(6-13)7-14-10/h3-4,7-8H,1-2H3. The lowest BCUT2D eigenvalue weighted by Crippen LogP contribution is -2.34. The summed E-state index contributed by atoms with van der Waals surface area (Å²) in [5.41, 5.74) is 0.621. The third-order valence-corrected chi connectivity index (χ3v) is 2.20. The van der Waals surface area contributed by atoms with Crippen LogP contribution in [0.3, 0.4) is 0 Å². The molecule has 1 unspecified atom stereocenters. The molecule has 0 aliphatic carbocycles. The second-order valence-electron chi connectivity index (χ2n) is 3.27. The molecule has 0 N–H and O–H groups in total. The summed E-state index contributed by atoms with van der Waals surface area (Å²) in [6, 6.07) is 6.36. The average molecular weight is 214 g/mol. The summed E-state index contributed by atoms with van der Waals surface area (Å²) in [5, 5.41) is 17.2. The minimum Gasteiger partial charge on any atom is -0.325 e. The monoisotopic (exact) mass is 214 g/mol. The van der Waals surface area contributed by atoms with E-state index in [1.54, 1.807) is 6.92 Å². The number of hydrogen-bond acceptors (Lipinski definition) is 4. The Hall–Kier alpha value is -2.40. The van der Waals surface area contributed by atoms with E-state index in [0.29, 0.717) is 5.56 Å². The van der Waals surface area contributed by atoms with Crippen molar-refractivity contribution in [1.29, 1.82) is 10.5 Å². The van der Waals surface area contributed by atoms with Crippen molar-refractivity contribution >= 4 is 5.91 Å². The second kappa shape index (κ2) is 4.90. The maximum Gasteiger partial charge on any atom is 0.273 e. The van der Waals surface area contributed by atoms with Gasteiger partial charge in [0.15, 0.2) is 0 Å². The van der Waals surface area contributed by atoms with E-state index in [0.717, 1.165) is 0 Å². The van der Waals surface area contributed by atoms with Crippen LogP contribution in [0.5, 0.6) is 0 Å². The summed E-state index contributed by atoms with van der Waals surface area (Å²) in [4.78, 5) is 16.9. The number of nitriles is 2. The zero-order valence-corrected chi connectivity index (χ0v) is 9.01. The molecule has 0 radical (unpaired) electrons. The number of hydrogen-bond donors (Lipinski definition) is 0. The zero-order valence-electron chi connectivity index (χ0n) is 9.01. The van der Waals surface area contributed by atoms with Crippen LogP contribution in [0.1, 0.15) is 23.0 Å². The third-order valence-electron chi connectivity index (χ3n) is 2.20. The topological polar surface area (TPSA) is 80.8 Å². The van der Waals surface area contributed by atoms with E-state index in [2.05, 4.69) is 4.98 Å². The van der Waals surface area contributed by atoms with E-state index >= 15 is 0 Å². The molecule has 1 rings (SSSR count). The molecule has 80 valence electrons. The van der Waals surface area contributed by atoms with Gasteiger partial charge in [0, 0.05) is 13.2 Å². The Kier molecular flexibility index (Phi) is 3.58. The molecule has 0 bridgehead atoms. The van der Waals surface area contributed by atoms with Gasteiger partial charge in [-0.1, -0.05) is 0 Å². The fourth-order valence-corrected chi connectivity index (χ4v) is 1.03. The van der Waals surface area contributed by atoms with Crippen LogP contribution in [0.4, 0.5) is 0 Å². The first-order valence-electron chi connectivity index (χ1n) is 4.63. The lowest BCUT2D eigenvalue weighted by Gasteiger charge is -2.18. The van der Waals surface area contributed by atoms with Crippen LogP contribution in [0.25, 0.3) is 0 Å². The quantitative estimate of drug-likeness (QED) is 0.733. The van der Waals surface area contributed by atoms with Crippen molar-refractivity contribution in [2.45, 2.75) is 13.0 Å². The average Bonchev–Trinajstić information content (AvgIpc) is 2.36. The van der Waals surface area contributed by atoms with Gasteiger partial charge in [0.25, 0.3) is 5.91 Å². The number of amides is 1. The molecule has 0 aliphatic heterocycles. The molecular formula is C11H10N4O. The Bertz CT molecular complexity index is 466. The Morgan fingerprint density at radius 3 is 2.62 bits per heavy atom. The van der Waals surface area contributed by atoms with Gasteiger partial charge in [-0.2, -0.15) is 10.5 Å².